The van der Waals surface area contributed by atoms with Crippen molar-refractivity contribution >= 4 is 17.9 Å². The summed E-state index contributed by atoms with van der Waals surface area (Å²) in [6.07, 6.45) is 106. The highest BCUT2D eigenvalue weighted by Gasteiger charge is 2.22. The number of esters is 2. The van der Waals surface area contributed by atoms with Crippen molar-refractivity contribution in [3.8, 4) is 0 Å². The van der Waals surface area contributed by atoms with Gasteiger partial charge in [0.25, 0.3) is 0 Å². The first-order valence-corrected chi connectivity index (χ1v) is 45.1. The number of carbonyl (C=O) groups excluding carboxylic acids is 3. The molecule has 0 aromatic rings. The van der Waals surface area contributed by atoms with Gasteiger partial charge in [-0.3, -0.25) is 9.59 Å². The van der Waals surface area contributed by atoms with Crippen molar-refractivity contribution in [3.63, 3.8) is 0 Å². The summed E-state index contributed by atoms with van der Waals surface area (Å²) in [5.41, 5.74) is 0. The average molecular weight is 1420 g/mol. The summed E-state index contributed by atoms with van der Waals surface area (Å²) < 4.78 is 22.9. The lowest BCUT2D eigenvalue weighted by atomic mass is 10.0. The SMILES string of the molecule is CCCCCCC/C=C\C/C=C\CCCCCCCCCCCCCCCCCCCCCCCCCCCCCC(=O)OC(COC(=O)CCCCCCCCCCCCCCCCCCCCCCCCCCC/C=C\CCCCCCCCCC)COC(OCC[N+](C)(C)C)C(=O)[O-]. The van der Waals surface area contributed by atoms with E-state index in [0.717, 1.165) is 44.9 Å². The average Bonchev–Trinajstić information content (AvgIpc) is 1.21. The number of rotatable bonds is 86. The fourth-order valence-corrected chi connectivity index (χ4v) is 14.0. The molecule has 0 rings (SSSR count). The summed E-state index contributed by atoms with van der Waals surface area (Å²) in [6, 6.07) is 0. The third-order valence-corrected chi connectivity index (χ3v) is 20.9. The summed E-state index contributed by atoms with van der Waals surface area (Å²) in [5, 5.41) is 11.9. The maximum atomic E-state index is 13.0. The number of hydrogen-bond acceptors (Lipinski definition) is 8. The van der Waals surface area contributed by atoms with Gasteiger partial charge in [0.2, 0.25) is 0 Å². The van der Waals surface area contributed by atoms with E-state index in [4.69, 9.17) is 18.9 Å². The Morgan fingerprint density at radius 2 is 0.535 bits per heavy atom. The molecule has 0 bridgehead atoms. The zero-order valence-corrected chi connectivity index (χ0v) is 68.6. The molecule has 0 fully saturated rings. The van der Waals surface area contributed by atoms with E-state index in [-0.39, 0.29) is 32.2 Å². The molecule has 596 valence electrons. The zero-order valence-electron chi connectivity index (χ0n) is 68.6. The van der Waals surface area contributed by atoms with Gasteiger partial charge in [-0.15, -0.1) is 0 Å². The van der Waals surface area contributed by atoms with E-state index in [1.54, 1.807) is 0 Å². The van der Waals surface area contributed by atoms with Crippen LogP contribution in [0.5, 0.6) is 0 Å². The summed E-state index contributed by atoms with van der Waals surface area (Å²) in [7, 11) is 5.96. The molecule has 101 heavy (non-hydrogen) atoms. The number of likely N-dealkylation sites (N-methyl/N-ethyl adjacent to an activating group) is 1. The number of carboxylic acids is 1. The molecule has 0 aliphatic carbocycles. The first-order chi connectivity index (χ1) is 49.6. The second-order valence-corrected chi connectivity index (χ2v) is 32.2. The first kappa shape index (κ1) is 98.5. The Bertz CT molecular complexity index is 1760. The Labute approximate surface area is 630 Å². The van der Waals surface area contributed by atoms with E-state index in [1.165, 1.54) is 405 Å². The Hall–Kier alpha value is -2.49. The van der Waals surface area contributed by atoms with Gasteiger partial charge in [0, 0.05) is 12.8 Å². The highest BCUT2D eigenvalue weighted by molar-refractivity contribution is 5.70. The van der Waals surface area contributed by atoms with Crippen LogP contribution in [0.1, 0.15) is 476 Å². The van der Waals surface area contributed by atoms with E-state index in [9.17, 15) is 19.5 Å². The van der Waals surface area contributed by atoms with Crippen LogP contribution < -0.4 is 5.11 Å². The number of hydrogen-bond donors (Lipinski definition) is 0. The second kappa shape index (κ2) is 83.2. The predicted molar refractivity (Wildman–Crippen MR) is 436 cm³/mol. The number of aliphatic carboxylic acids is 1. The summed E-state index contributed by atoms with van der Waals surface area (Å²) >= 11 is 0. The van der Waals surface area contributed by atoms with Crippen molar-refractivity contribution in [1.82, 2.24) is 0 Å². The van der Waals surface area contributed by atoms with E-state index >= 15 is 0 Å². The third-order valence-electron chi connectivity index (χ3n) is 20.9. The van der Waals surface area contributed by atoms with Crippen LogP contribution in [-0.2, 0) is 33.3 Å². The van der Waals surface area contributed by atoms with Crippen LogP contribution >= 0.6 is 0 Å². The van der Waals surface area contributed by atoms with Gasteiger partial charge in [0.15, 0.2) is 12.4 Å². The molecule has 2 unspecified atom stereocenters. The Morgan fingerprint density at radius 1 is 0.297 bits per heavy atom. The van der Waals surface area contributed by atoms with Crippen molar-refractivity contribution in [2.75, 3.05) is 47.5 Å². The summed E-state index contributed by atoms with van der Waals surface area (Å²) in [6.45, 7) is 4.83. The maximum Gasteiger partial charge on any atom is 0.306 e. The molecule has 0 saturated heterocycles. The lowest BCUT2D eigenvalue weighted by Crippen LogP contribution is -2.44. The molecular weight excluding hydrogens is 1250 g/mol. The number of unbranched alkanes of at least 4 members (excludes halogenated alkanes) is 65. The zero-order chi connectivity index (χ0) is 73.2. The highest BCUT2D eigenvalue weighted by Crippen LogP contribution is 2.21. The largest absolute Gasteiger partial charge is 0.545 e. The summed E-state index contributed by atoms with van der Waals surface area (Å²) in [5.74, 6) is -2.24. The van der Waals surface area contributed by atoms with Crippen molar-refractivity contribution < 1.29 is 42.9 Å². The molecule has 0 aromatic carbocycles. The smallest absolute Gasteiger partial charge is 0.306 e. The topological polar surface area (TPSA) is 111 Å². The van der Waals surface area contributed by atoms with Gasteiger partial charge in [0.05, 0.1) is 40.3 Å². The lowest BCUT2D eigenvalue weighted by Gasteiger charge is -2.26. The number of allylic oxidation sites excluding steroid dienone is 6. The predicted octanol–water partition coefficient (Wildman–Crippen LogP) is 28.1. The van der Waals surface area contributed by atoms with Crippen molar-refractivity contribution in [2.45, 2.75) is 489 Å². The number of carbonyl (C=O) groups is 3. The van der Waals surface area contributed by atoms with Gasteiger partial charge in [0.1, 0.15) is 13.2 Å². The van der Waals surface area contributed by atoms with E-state index in [2.05, 4.69) is 50.3 Å². The van der Waals surface area contributed by atoms with E-state index in [0.29, 0.717) is 17.4 Å². The van der Waals surface area contributed by atoms with Gasteiger partial charge in [-0.25, -0.2) is 0 Å². The molecule has 2 atom stereocenters. The lowest BCUT2D eigenvalue weighted by molar-refractivity contribution is -0.870. The van der Waals surface area contributed by atoms with Crippen LogP contribution in [0.25, 0.3) is 0 Å². The minimum Gasteiger partial charge on any atom is -0.545 e. The molecule has 0 aliphatic rings. The maximum absolute atomic E-state index is 13.0. The van der Waals surface area contributed by atoms with Gasteiger partial charge in [-0.1, -0.05) is 429 Å². The molecule has 9 nitrogen and oxygen atoms in total. The second-order valence-electron chi connectivity index (χ2n) is 32.2. The van der Waals surface area contributed by atoms with Crippen LogP contribution in [0.3, 0.4) is 0 Å². The van der Waals surface area contributed by atoms with Gasteiger partial charge < -0.3 is 33.3 Å². The van der Waals surface area contributed by atoms with Crippen LogP contribution in [-0.4, -0.2) is 82.3 Å². The van der Waals surface area contributed by atoms with Crippen molar-refractivity contribution in [2.24, 2.45) is 0 Å². The molecule has 9 heteroatoms. The molecule has 0 heterocycles. The molecule has 0 spiro atoms. The molecule has 0 amide bonds. The summed E-state index contributed by atoms with van der Waals surface area (Å²) in [4.78, 5) is 37.7. The molecule has 0 radical (unpaired) electrons. The van der Waals surface area contributed by atoms with E-state index in [1.807, 2.05) is 21.1 Å². The fraction of sp³-hybridized carbons (Fsp3) is 0.902. The fourth-order valence-electron chi connectivity index (χ4n) is 14.0. The minimum absolute atomic E-state index is 0.152. The molecule has 0 N–H and O–H groups in total. The number of quaternary nitrogens is 1. The normalized spacial score (nSPS) is 12.7. The number of ether oxygens (including phenoxy) is 4. The number of nitrogens with zero attached hydrogens (tertiary/aromatic N) is 1. The Kier molecular flexibility index (Phi) is 81.1. The van der Waals surface area contributed by atoms with Gasteiger partial charge in [-0.05, 0) is 70.6 Å². The van der Waals surface area contributed by atoms with Crippen molar-refractivity contribution in [3.05, 3.63) is 36.5 Å². The monoisotopic (exact) mass is 1420 g/mol. The first-order valence-electron chi connectivity index (χ1n) is 45.1. The Morgan fingerprint density at radius 3 is 0.792 bits per heavy atom. The van der Waals surface area contributed by atoms with Gasteiger partial charge in [-0.2, -0.15) is 0 Å². The Balaban J connectivity index is 3.89. The molecule has 0 aromatic heterocycles. The standard InChI is InChI=1S/C92H175NO8/c1-6-8-10-12-14-16-18-20-22-24-26-28-30-32-34-36-38-40-42-44-45-47-49-51-53-55-57-59-61-63-65-67-69-71-73-75-77-79-81-83-90(95)101-88(87-100-92(91(96)97)98-85-84-93(3,4)5)86-99-89(94)82-80-78-76-74-72-70-68-66-64-62-60-58-56-54-52-50-48-46-43-41-39-37-35-33-31-29-27-25-23-21-19-17-15-13-11-9-7-2/h18,20,24-27,88,92H,6-17,19,21-23,28-87H2,1-5H3/b20-18-,26-24-,27-25-. The van der Waals surface area contributed by atoms with E-state index < -0.39 is 24.3 Å². The van der Waals surface area contributed by atoms with Crippen LogP contribution in [0, 0.1) is 0 Å². The van der Waals surface area contributed by atoms with Gasteiger partial charge >= 0.3 is 11.9 Å². The highest BCUT2D eigenvalue weighted by atomic mass is 16.7. The molecular formula is C92H175NO8. The quantitative estimate of drug-likeness (QED) is 0.0195. The molecule has 0 saturated carbocycles. The van der Waals surface area contributed by atoms with Crippen molar-refractivity contribution in [1.29, 1.82) is 0 Å². The van der Waals surface area contributed by atoms with Crippen LogP contribution in [0.4, 0.5) is 0 Å². The third kappa shape index (κ3) is 84.6. The van der Waals surface area contributed by atoms with Crippen LogP contribution in [0.2, 0.25) is 0 Å². The number of carboxylic acid groups (broad SMARTS) is 1. The molecule has 0 aliphatic heterocycles. The minimum atomic E-state index is -1.62. The van der Waals surface area contributed by atoms with Crippen LogP contribution in [0.15, 0.2) is 36.5 Å².